The zero-order valence-electron chi connectivity index (χ0n) is 9.09. The molecule has 0 aliphatic heterocycles. The van der Waals surface area contributed by atoms with Crippen molar-refractivity contribution < 1.29 is 5.11 Å². The van der Waals surface area contributed by atoms with E-state index in [0.717, 1.165) is 17.0 Å². The quantitative estimate of drug-likeness (QED) is 0.757. The Kier molecular flexibility index (Phi) is 3.01. The van der Waals surface area contributed by atoms with Crippen LogP contribution in [-0.2, 0) is 0 Å². The van der Waals surface area contributed by atoms with Crippen molar-refractivity contribution >= 4 is 11.4 Å². The molecule has 80 valence electrons. The molecule has 0 bridgehead atoms. The molecule has 1 N–H and O–H groups in total. The third kappa shape index (κ3) is 2.48. The lowest BCUT2D eigenvalue weighted by molar-refractivity contribution is 0.475. The molecule has 0 radical (unpaired) electrons. The Morgan fingerprint density at radius 1 is 0.938 bits per heavy atom. The van der Waals surface area contributed by atoms with Gasteiger partial charge in [-0.1, -0.05) is 30.3 Å². The van der Waals surface area contributed by atoms with Crippen LogP contribution < -0.4 is 0 Å². The predicted octanol–water partition coefficient (Wildman–Crippen LogP) is 3.53. The number of phenolic OH excluding ortho intramolecular Hbond substituents is 1. The van der Waals surface area contributed by atoms with Crippen LogP contribution in [0.2, 0.25) is 0 Å². The highest BCUT2D eigenvalue weighted by atomic mass is 16.3. The van der Waals surface area contributed by atoms with Crippen LogP contribution in [0.15, 0.2) is 59.6 Å². The molecule has 0 atom stereocenters. The molecule has 0 heterocycles. The fourth-order valence-electron chi connectivity index (χ4n) is 1.46. The van der Waals surface area contributed by atoms with Crippen LogP contribution in [0.3, 0.4) is 0 Å². The predicted molar refractivity (Wildman–Crippen MR) is 66.4 cm³/mol. The minimum Gasteiger partial charge on any atom is -0.508 e. The van der Waals surface area contributed by atoms with Crippen molar-refractivity contribution in [1.29, 1.82) is 0 Å². The maximum absolute atomic E-state index is 9.16. The zero-order valence-corrected chi connectivity index (χ0v) is 9.09. The third-order valence-electron chi connectivity index (χ3n) is 2.34. The molecule has 2 rings (SSSR count). The molecular weight excluding hydrogens is 198 g/mol. The number of hydrogen-bond donors (Lipinski definition) is 1. The molecule has 0 unspecified atom stereocenters. The van der Waals surface area contributed by atoms with E-state index in [4.69, 9.17) is 5.11 Å². The van der Waals surface area contributed by atoms with E-state index in [9.17, 15) is 0 Å². The Morgan fingerprint density at radius 2 is 1.56 bits per heavy atom. The second-order valence-electron chi connectivity index (χ2n) is 3.58. The van der Waals surface area contributed by atoms with Gasteiger partial charge in [0.1, 0.15) is 5.75 Å². The number of aromatic hydroxyl groups is 1. The second kappa shape index (κ2) is 4.62. The second-order valence-corrected chi connectivity index (χ2v) is 3.58. The van der Waals surface area contributed by atoms with Gasteiger partial charge < -0.3 is 5.11 Å². The number of benzene rings is 2. The van der Waals surface area contributed by atoms with Crippen molar-refractivity contribution in [3.05, 3.63) is 60.2 Å². The van der Waals surface area contributed by atoms with Crippen LogP contribution >= 0.6 is 0 Å². The first-order valence-corrected chi connectivity index (χ1v) is 5.15. The topological polar surface area (TPSA) is 32.6 Å². The zero-order chi connectivity index (χ0) is 11.4. The highest BCUT2D eigenvalue weighted by Gasteiger charge is 1.96. The Bertz CT molecular complexity index is 486. The lowest BCUT2D eigenvalue weighted by Gasteiger charge is -2.00. The van der Waals surface area contributed by atoms with E-state index in [2.05, 4.69) is 4.99 Å². The molecule has 2 nitrogen and oxygen atoms in total. The van der Waals surface area contributed by atoms with Crippen LogP contribution in [0.1, 0.15) is 12.5 Å². The fourth-order valence-corrected chi connectivity index (χ4v) is 1.46. The molecule has 16 heavy (non-hydrogen) atoms. The van der Waals surface area contributed by atoms with E-state index >= 15 is 0 Å². The first-order valence-electron chi connectivity index (χ1n) is 5.15. The highest BCUT2D eigenvalue weighted by molar-refractivity contribution is 6.00. The maximum Gasteiger partial charge on any atom is 0.115 e. The van der Waals surface area contributed by atoms with Crippen molar-refractivity contribution in [1.82, 2.24) is 0 Å². The van der Waals surface area contributed by atoms with Gasteiger partial charge in [0, 0.05) is 5.71 Å². The Hall–Kier alpha value is -2.09. The third-order valence-corrected chi connectivity index (χ3v) is 2.34. The molecule has 0 aliphatic rings. The summed E-state index contributed by atoms with van der Waals surface area (Å²) in [7, 11) is 0. The van der Waals surface area contributed by atoms with Gasteiger partial charge in [-0.3, -0.25) is 4.99 Å². The molecule has 2 heteroatoms. The van der Waals surface area contributed by atoms with Crippen molar-refractivity contribution in [2.24, 2.45) is 4.99 Å². The molecule has 2 aromatic carbocycles. The number of nitrogens with zero attached hydrogens (tertiary/aromatic N) is 1. The summed E-state index contributed by atoms with van der Waals surface area (Å²) in [6.07, 6.45) is 0. The average molecular weight is 211 g/mol. The Labute approximate surface area is 94.9 Å². The molecule has 0 fully saturated rings. The van der Waals surface area contributed by atoms with Crippen molar-refractivity contribution in [2.75, 3.05) is 0 Å². The molecule has 0 amide bonds. The summed E-state index contributed by atoms with van der Waals surface area (Å²) in [6, 6.07) is 16.9. The fraction of sp³-hybridized carbons (Fsp3) is 0.0714. The number of rotatable bonds is 2. The minimum absolute atomic E-state index is 0.260. The number of phenols is 1. The van der Waals surface area contributed by atoms with Gasteiger partial charge in [0.05, 0.1) is 5.69 Å². The number of hydrogen-bond acceptors (Lipinski definition) is 2. The van der Waals surface area contributed by atoms with E-state index in [0.29, 0.717) is 0 Å². The first kappa shape index (κ1) is 10.4. The molecule has 2 aromatic rings. The lowest BCUT2D eigenvalue weighted by Crippen LogP contribution is -1.92. The van der Waals surface area contributed by atoms with Gasteiger partial charge in [-0.2, -0.15) is 0 Å². The maximum atomic E-state index is 9.16. The highest BCUT2D eigenvalue weighted by Crippen LogP contribution is 2.17. The Balaban J connectivity index is 2.28. The van der Waals surface area contributed by atoms with Gasteiger partial charge in [0.15, 0.2) is 0 Å². The van der Waals surface area contributed by atoms with E-state index < -0.39 is 0 Å². The van der Waals surface area contributed by atoms with Crippen LogP contribution in [-0.4, -0.2) is 10.8 Å². The summed E-state index contributed by atoms with van der Waals surface area (Å²) in [4.78, 5) is 4.48. The summed E-state index contributed by atoms with van der Waals surface area (Å²) in [5, 5.41) is 9.16. The Morgan fingerprint density at radius 3 is 2.19 bits per heavy atom. The number of aliphatic imine (C=N–C) groups is 1. The smallest absolute Gasteiger partial charge is 0.115 e. The van der Waals surface area contributed by atoms with Gasteiger partial charge in [-0.25, -0.2) is 0 Å². The normalized spacial score (nSPS) is 11.4. The van der Waals surface area contributed by atoms with Crippen LogP contribution in [0.5, 0.6) is 5.75 Å². The van der Waals surface area contributed by atoms with Gasteiger partial charge in [-0.15, -0.1) is 0 Å². The summed E-state index contributed by atoms with van der Waals surface area (Å²) in [6.45, 7) is 1.97. The van der Waals surface area contributed by atoms with Gasteiger partial charge >= 0.3 is 0 Å². The summed E-state index contributed by atoms with van der Waals surface area (Å²) in [5.74, 6) is 0.260. The lowest BCUT2D eigenvalue weighted by atomic mass is 10.1. The van der Waals surface area contributed by atoms with E-state index in [-0.39, 0.29) is 5.75 Å². The summed E-state index contributed by atoms with van der Waals surface area (Å²) >= 11 is 0. The van der Waals surface area contributed by atoms with Crippen LogP contribution in [0, 0.1) is 0 Å². The van der Waals surface area contributed by atoms with Gasteiger partial charge in [0.25, 0.3) is 0 Å². The van der Waals surface area contributed by atoms with Crippen LogP contribution in [0.25, 0.3) is 0 Å². The van der Waals surface area contributed by atoms with E-state index in [1.165, 1.54) is 0 Å². The van der Waals surface area contributed by atoms with Crippen molar-refractivity contribution in [2.45, 2.75) is 6.92 Å². The van der Waals surface area contributed by atoms with E-state index in [1.807, 2.05) is 37.3 Å². The standard InChI is InChI=1S/C14H13NO/c1-11(12-5-3-2-4-6-12)15-13-7-9-14(16)10-8-13/h2-10,16H,1H3. The van der Waals surface area contributed by atoms with Crippen molar-refractivity contribution in [3.63, 3.8) is 0 Å². The first-order chi connectivity index (χ1) is 7.75. The monoisotopic (exact) mass is 211 g/mol. The molecule has 0 aromatic heterocycles. The van der Waals surface area contributed by atoms with E-state index in [1.54, 1.807) is 24.3 Å². The summed E-state index contributed by atoms with van der Waals surface area (Å²) < 4.78 is 0. The van der Waals surface area contributed by atoms with Gasteiger partial charge in [0.2, 0.25) is 0 Å². The molecule has 0 saturated heterocycles. The summed E-state index contributed by atoms with van der Waals surface area (Å²) in [5.41, 5.74) is 2.92. The molecular formula is C14H13NO. The van der Waals surface area contributed by atoms with Gasteiger partial charge in [-0.05, 0) is 36.8 Å². The minimum atomic E-state index is 0.260. The largest absolute Gasteiger partial charge is 0.508 e. The SMILES string of the molecule is CC(=Nc1ccc(O)cc1)c1ccccc1. The average Bonchev–Trinajstić information content (AvgIpc) is 2.33. The molecule has 0 saturated carbocycles. The molecule has 0 spiro atoms. The van der Waals surface area contributed by atoms with Crippen LogP contribution in [0.4, 0.5) is 5.69 Å². The molecule has 0 aliphatic carbocycles. The van der Waals surface area contributed by atoms with Crippen molar-refractivity contribution in [3.8, 4) is 5.75 Å².